The number of benzene rings is 1. The zero-order chi connectivity index (χ0) is 7.40. The van der Waals surface area contributed by atoms with Crippen LogP contribution in [0.4, 0.5) is 0 Å². The van der Waals surface area contributed by atoms with E-state index in [9.17, 15) is 0 Å². The molecule has 1 aromatic carbocycles. The number of hydrogen-bond donors (Lipinski definition) is 0. The highest BCUT2D eigenvalue weighted by molar-refractivity contribution is 5.28. The van der Waals surface area contributed by atoms with Crippen LogP contribution < -0.4 is 9.47 Å². The maximum Gasteiger partial charge on any atom is 0.127 e. The standard InChI is InChI=1S/C8H8O2/c1-9-7-3-5-8(10-2)6-4-7/h3,6H,1-2H3. The summed E-state index contributed by atoms with van der Waals surface area (Å²) in [7, 11) is 3.18. The van der Waals surface area contributed by atoms with Crippen molar-refractivity contribution in [3.63, 3.8) is 0 Å². The summed E-state index contributed by atoms with van der Waals surface area (Å²) in [5, 5.41) is 0. The molecule has 0 aromatic heterocycles. The van der Waals surface area contributed by atoms with Gasteiger partial charge in [0.05, 0.1) is 14.2 Å². The Morgan fingerprint density at radius 1 is 1.00 bits per heavy atom. The topological polar surface area (TPSA) is 18.5 Å². The maximum absolute atomic E-state index is 4.87. The number of methoxy groups -OCH3 is 2. The van der Waals surface area contributed by atoms with E-state index >= 15 is 0 Å². The monoisotopic (exact) mass is 136 g/mol. The van der Waals surface area contributed by atoms with E-state index in [0.29, 0.717) is 11.5 Å². The number of rotatable bonds is 2. The minimum Gasteiger partial charge on any atom is -0.496 e. The predicted molar refractivity (Wildman–Crippen MR) is 37.2 cm³/mol. The molecule has 1 rings (SSSR count). The molecule has 0 aliphatic heterocycles. The van der Waals surface area contributed by atoms with Crippen molar-refractivity contribution in [3.05, 3.63) is 24.3 Å². The van der Waals surface area contributed by atoms with Gasteiger partial charge in [0.15, 0.2) is 0 Å². The van der Waals surface area contributed by atoms with Gasteiger partial charge in [-0.3, -0.25) is 0 Å². The summed E-state index contributed by atoms with van der Waals surface area (Å²) in [5.74, 6) is 1.33. The molecule has 52 valence electrons. The largest absolute Gasteiger partial charge is 0.496 e. The Balaban J connectivity index is 2.80. The molecule has 0 amide bonds. The molecule has 0 unspecified atom stereocenters. The van der Waals surface area contributed by atoms with E-state index in [2.05, 4.69) is 12.1 Å². The van der Waals surface area contributed by atoms with Crippen LogP contribution in [-0.2, 0) is 0 Å². The summed E-state index contributed by atoms with van der Waals surface area (Å²) >= 11 is 0. The molecule has 0 fully saturated rings. The van der Waals surface area contributed by atoms with Crippen molar-refractivity contribution in [1.29, 1.82) is 0 Å². The molecule has 0 atom stereocenters. The van der Waals surface area contributed by atoms with Crippen LogP contribution in [0, 0.1) is 12.1 Å². The van der Waals surface area contributed by atoms with Crippen molar-refractivity contribution in [3.8, 4) is 11.5 Å². The number of ether oxygens (including phenoxy) is 2. The molecule has 0 heterocycles. The van der Waals surface area contributed by atoms with E-state index in [-0.39, 0.29) is 0 Å². The Kier molecular flexibility index (Phi) is 2.15. The fourth-order valence-corrected chi connectivity index (χ4v) is 0.592. The molecule has 1 aromatic rings. The molecule has 0 spiro atoms. The summed E-state index contributed by atoms with van der Waals surface area (Å²) in [6.07, 6.45) is 0. The predicted octanol–water partition coefficient (Wildman–Crippen LogP) is 1.30. The normalized spacial score (nSPS) is 9.00. The zero-order valence-electron chi connectivity index (χ0n) is 5.97. The average molecular weight is 136 g/mol. The van der Waals surface area contributed by atoms with Gasteiger partial charge in [-0.05, 0) is 12.1 Å². The quantitative estimate of drug-likeness (QED) is 0.610. The van der Waals surface area contributed by atoms with E-state index in [1.165, 1.54) is 0 Å². The lowest BCUT2D eigenvalue weighted by molar-refractivity contribution is 0.401. The fourth-order valence-electron chi connectivity index (χ4n) is 0.592. The first kappa shape index (κ1) is 6.93. The maximum atomic E-state index is 4.87. The van der Waals surface area contributed by atoms with Crippen LogP contribution in [0.5, 0.6) is 11.5 Å². The second-order valence-electron chi connectivity index (χ2n) is 1.71. The van der Waals surface area contributed by atoms with Crippen LogP contribution in [-0.4, -0.2) is 14.2 Å². The van der Waals surface area contributed by atoms with Gasteiger partial charge in [-0.25, -0.2) is 0 Å². The molecule has 0 saturated heterocycles. The Morgan fingerprint density at radius 2 is 1.40 bits per heavy atom. The SMILES string of the molecule is COc1[c]cc(OC)[c]c1. The Labute approximate surface area is 60.4 Å². The van der Waals surface area contributed by atoms with E-state index in [0.717, 1.165) is 0 Å². The minimum absolute atomic E-state index is 0.667. The van der Waals surface area contributed by atoms with Gasteiger partial charge >= 0.3 is 0 Å². The first-order valence-corrected chi connectivity index (χ1v) is 2.88. The molecule has 0 saturated carbocycles. The van der Waals surface area contributed by atoms with Gasteiger partial charge in [0.25, 0.3) is 0 Å². The van der Waals surface area contributed by atoms with Crippen LogP contribution in [0.25, 0.3) is 0 Å². The van der Waals surface area contributed by atoms with E-state index < -0.39 is 0 Å². The van der Waals surface area contributed by atoms with E-state index in [4.69, 9.17) is 9.47 Å². The molecule has 2 nitrogen and oxygen atoms in total. The molecular weight excluding hydrogens is 128 g/mol. The Bertz CT molecular complexity index is 168. The molecule has 0 N–H and O–H groups in total. The smallest absolute Gasteiger partial charge is 0.127 e. The molecule has 2 heteroatoms. The van der Waals surface area contributed by atoms with Gasteiger partial charge in [-0.1, -0.05) is 0 Å². The van der Waals surface area contributed by atoms with Crippen molar-refractivity contribution in [1.82, 2.24) is 0 Å². The van der Waals surface area contributed by atoms with Gasteiger partial charge in [0.2, 0.25) is 0 Å². The third-order valence-corrected chi connectivity index (χ3v) is 1.13. The molecule has 0 aliphatic rings. The Hall–Kier alpha value is -1.18. The van der Waals surface area contributed by atoms with Crippen LogP contribution in [0.3, 0.4) is 0 Å². The third-order valence-electron chi connectivity index (χ3n) is 1.13. The van der Waals surface area contributed by atoms with Crippen molar-refractivity contribution >= 4 is 0 Å². The molecule has 0 bridgehead atoms. The van der Waals surface area contributed by atoms with Gasteiger partial charge < -0.3 is 9.47 Å². The molecule has 0 aliphatic carbocycles. The molecular formula is C8H8O2. The van der Waals surface area contributed by atoms with Gasteiger partial charge in [0.1, 0.15) is 11.5 Å². The molecule has 2 radical (unpaired) electrons. The second kappa shape index (κ2) is 3.11. The lowest BCUT2D eigenvalue weighted by Gasteiger charge is -1.99. The summed E-state index contributed by atoms with van der Waals surface area (Å²) in [5.41, 5.74) is 0. The van der Waals surface area contributed by atoms with Gasteiger partial charge in [-0.15, -0.1) is 0 Å². The Morgan fingerprint density at radius 3 is 1.60 bits per heavy atom. The highest BCUT2D eigenvalue weighted by atomic mass is 16.5. The highest BCUT2D eigenvalue weighted by Crippen LogP contribution is 2.14. The zero-order valence-corrected chi connectivity index (χ0v) is 5.97. The summed E-state index contributed by atoms with van der Waals surface area (Å²) < 4.78 is 9.74. The van der Waals surface area contributed by atoms with Crippen LogP contribution in [0.15, 0.2) is 12.1 Å². The lowest BCUT2D eigenvalue weighted by atomic mass is 10.3. The van der Waals surface area contributed by atoms with Crippen molar-refractivity contribution < 1.29 is 9.47 Å². The van der Waals surface area contributed by atoms with E-state index in [1.807, 2.05) is 0 Å². The molecule has 10 heavy (non-hydrogen) atoms. The van der Waals surface area contributed by atoms with Gasteiger partial charge in [-0.2, -0.15) is 0 Å². The van der Waals surface area contributed by atoms with Crippen molar-refractivity contribution in [2.24, 2.45) is 0 Å². The van der Waals surface area contributed by atoms with Crippen molar-refractivity contribution in [2.75, 3.05) is 14.2 Å². The summed E-state index contributed by atoms with van der Waals surface area (Å²) in [6, 6.07) is 9.08. The fraction of sp³-hybridized carbons (Fsp3) is 0.250. The average Bonchev–Trinajstić information content (AvgIpc) is 2.05. The minimum atomic E-state index is 0.667. The number of hydrogen-bond acceptors (Lipinski definition) is 2. The second-order valence-corrected chi connectivity index (χ2v) is 1.71. The van der Waals surface area contributed by atoms with Crippen LogP contribution >= 0.6 is 0 Å². The summed E-state index contributed by atoms with van der Waals surface area (Å²) in [6.45, 7) is 0. The highest BCUT2D eigenvalue weighted by Gasteiger charge is 1.91. The first-order chi connectivity index (χ1) is 4.86. The van der Waals surface area contributed by atoms with Crippen LogP contribution in [0.1, 0.15) is 0 Å². The third kappa shape index (κ3) is 1.41. The summed E-state index contributed by atoms with van der Waals surface area (Å²) in [4.78, 5) is 0. The van der Waals surface area contributed by atoms with Crippen LogP contribution in [0.2, 0.25) is 0 Å². The van der Waals surface area contributed by atoms with E-state index in [1.54, 1.807) is 26.4 Å². The lowest BCUT2D eigenvalue weighted by Crippen LogP contribution is -1.84. The van der Waals surface area contributed by atoms with Crippen molar-refractivity contribution in [2.45, 2.75) is 0 Å². The van der Waals surface area contributed by atoms with Gasteiger partial charge in [0, 0.05) is 12.1 Å². The first-order valence-electron chi connectivity index (χ1n) is 2.88.